The summed E-state index contributed by atoms with van der Waals surface area (Å²) in [6, 6.07) is 13.0. The van der Waals surface area contributed by atoms with Crippen molar-refractivity contribution in [3.8, 4) is 0 Å². The van der Waals surface area contributed by atoms with Crippen LogP contribution in [0.15, 0.2) is 42.5 Å². The Bertz CT molecular complexity index is 556. The zero-order valence-corrected chi connectivity index (χ0v) is 10.0. The lowest BCUT2D eigenvalue weighted by molar-refractivity contribution is 0.103. The van der Waals surface area contributed by atoms with Gasteiger partial charge in [0.15, 0.2) is 5.78 Å². The fraction of sp³-hybridized carbons (Fsp3) is 0.133. The number of aryl methyl sites for hydroxylation is 2. The molecule has 0 heterocycles. The Morgan fingerprint density at radius 2 is 1.65 bits per heavy atom. The average molecular weight is 225 g/mol. The minimum absolute atomic E-state index is 0.0230. The van der Waals surface area contributed by atoms with E-state index in [2.05, 4.69) is 0 Å². The van der Waals surface area contributed by atoms with Crippen LogP contribution in [0.4, 0.5) is 5.69 Å². The zero-order chi connectivity index (χ0) is 12.4. The third kappa shape index (κ3) is 2.36. The summed E-state index contributed by atoms with van der Waals surface area (Å²) in [5.74, 6) is 0.0230. The monoisotopic (exact) mass is 225 g/mol. The molecule has 2 rings (SSSR count). The zero-order valence-electron chi connectivity index (χ0n) is 10.0. The van der Waals surface area contributed by atoms with Gasteiger partial charge in [-0.25, -0.2) is 0 Å². The minimum Gasteiger partial charge on any atom is -0.399 e. The summed E-state index contributed by atoms with van der Waals surface area (Å²) in [6.45, 7) is 3.92. The fourth-order valence-electron chi connectivity index (χ4n) is 1.74. The van der Waals surface area contributed by atoms with E-state index in [-0.39, 0.29) is 5.78 Å². The number of anilines is 1. The van der Waals surface area contributed by atoms with E-state index in [9.17, 15) is 4.79 Å². The Labute approximate surface area is 101 Å². The Balaban J connectivity index is 2.43. The van der Waals surface area contributed by atoms with Crippen molar-refractivity contribution in [1.29, 1.82) is 0 Å². The van der Waals surface area contributed by atoms with E-state index in [0.717, 1.165) is 11.1 Å². The summed E-state index contributed by atoms with van der Waals surface area (Å²) in [5, 5.41) is 0. The first-order valence-corrected chi connectivity index (χ1v) is 5.55. The normalized spacial score (nSPS) is 10.2. The van der Waals surface area contributed by atoms with Crippen LogP contribution in [-0.4, -0.2) is 5.78 Å². The molecule has 2 nitrogen and oxygen atoms in total. The van der Waals surface area contributed by atoms with E-state index >= 15 is 0 Å². The molecule has 0 aromatic heterocycles. The molecule has 0 saturated carbocycles. The molecule has 0 spiro atoms. The van der Waals surface area contributed by atoms with Gasteiger partial charge in [0.25, 0.3) is 0 Å². The molecule has 2 aromatic carbocycles. The minimum atomic E-state index is 0.0230. The molecule has 0 aliphatic carbocycles. The van der Waals surface area contributed by atoms with E-state index in [1.165, 1.54) is 0 Å². The summed E-state index contributed by atoms with van der Waals surface area (Å²) in [6.07, 6.45) is 0. The number of hydrogen-bond donors (Lipinski definition) is 1. The first-order valence-electron chi connectivity index (χ1n) is 5.55. The number of carbonyl (C=O) groups is 1. The second-order valence-electron chi connectivity index (χ2n) is 4.27. The van der Waals surface area contributed by atoms with Gasteiger partial charge in [-0.3, -0.25) is 4.79 Å². The standard InChI is InChI=1S/C15H15NO/c1-10-3-6-12(7-4-10)15(17)14-9-13(16)8-5-11(14)2/h3-9H,16H2,1-2H3. The first kappa shape index (κ1) is 11.4. The maximum absolute atomic E-state index is 12.3. The molecule has 0 bridgehead atoms. The summed E-state index contributed by atoms with van der Waals surface area (Å²) in [7, 11) is 0. The van der Waals surface area contributed by atoms with Crippen LogP contribution in [0.5, 0.6) is 0 Å². The lowest BCUT2D eigenvalue weighted by Gasteiger charge is -2.06. The van der Waals surface area contributed by atoms with Crippen molar-refractivity contribution < 1.29 is 4.79 Å². The predicted octanol–water partition coefficient (Wildman–Crippen LogP) is 3.12. The van der Waals surface area contributed by atoms with Crippen molar-refractivity contribution in [2.75, 3.05) is 5.73 Å². The van der Waals surface area contributed by atoms with Crippen molar-refractivity contribution in [2.24, 2.45) is 0 Å². The van der Waals surface area contributed by atoms with Crippen LogP contribution in [0.2, 0.25) is 0 Å². The summed E-state index contributed by atoms with van der Waals surface area (Å²) in [5.41, 5.74) is 9.80. The van der Waals surface area contributed by atoms with Crippen LogP contribution >= 0.6 is 0 Å². The molecule has 0 fully saturated rings. The quantitative estimate of drug-likeness (QED) is 0.630. The number of nitrogens with two attached hydrogens (primary N) is 1. The van der Waals surface area contributed by atoms with Gasteiger partial charge in [-0.05, 0) is 31.5 Å². The number of hydrogen-bond acceptors (Lipinski definition) is 2. The van der Waals surface area contributed by atoms with E-state index < -0.39 is 0 Å². The van der Waals surface area contributed by atoms with E-state index in [1.807, 2.05) is 44.2 Å². The largest absolute Gasteiger partial charge is 0.399 e. The van der Waals surface area contributed by atoms with Crippen LogP contribution in [0.1, 0.15) is 27.0 Å². The van der Waals surface area contributed by atoms with E-state index in [1.54, 1.807) is 12.1 Å². The van der Waals surface area contributed by atoms with Gasteiger partial charge in [0.2, 0.25) is 0 Å². The first-order chi connectivity index (χ1) is 8.08. The van der Waals surface area contributed by atoms with Crippen molar-refractivity contribution in [3.05, 3.63) is 64.7 Å². The van der Waals surface area contributed by atoms with Gasteiger partial charge in [0.1, 0.15) is 0 Å². The number of rotatable bonds is 2. The summed E-state index contributed by atoms with van der Waals surface area (Å²) in [4.78, 5) is 12.3. The van der Waals surface area contributed by atoms with Gasteiger partial charge in [0, 0.05) is 16.8 Å². The topological polar surface area (TPSA) is 43.1 Å². The molecule has 0 saturated heterocycles. The third-order valence-corrected chi connectivity index (χ3v) is 2.82. The number of carbonyl (C=O) groups excluding carboxylic acids is 1. The highest BCUT2D eigenvalue weighted by Crippen LogP contribution is 2.17. The highest BCUT2D eigenvalue weighted by molar-refractivity contribution is 6.10. The molecule has 2 heteroatoms. The van der Waals surface area contributed by atoms with Crippen molar-refractivity contribution in [3.63, 3.8) is 0 Å². The van der Waals surface area contributed by atoms with Crippen molar-refractivity contribution in [2.45, 2.75) is 13.8 Å². The van der Waals surface area contributed by atoms with Crippen LogP contribution in [0.25, 0.3) is 0 Å². The molecule has 0 unspecified atom stereocenters. The maximum atomic E-state index is 12.3. The van der Waals surface area contributed by atoms with E-state index in [4.69, 9.17) is 5.73 Å². The lowest BCUT2D eigenvalue weighted by atomic mass is 9.98. The van der Waals surface area contributed by atoms with Gasteiger partial charge in [-0.2, -0.15) is 0 Å². The smallest absolute Gasteiger partial charge is 0.193 e. The maximum Gasteiger partial charge on any atom is 0.193 e. The van der Waals surface area contributed by atoms with Gasteiger partial charge in [-0.15, -0.1) is 0 Å². The second-order valence-corrected chi connectivity index (χ2v) is 4.27. The Hall–Kier alpha value is -2.09. The molecule has 0 radical (unpaired) electrons. The van der Waals surface area contributed by atoms with Gasteiger partial charge >= 0.3 is 0 Å². The molecule has 0 aliphatic rings. The Morgan fingerprint density at radius 1 is 1.00 bits per heavy atom. The molecule has 86 valence electrons. The van der Waals surface area contributed by atoms with Crippen LogP contribution < -0.4 is 5.73 Å². The number of nitrogen functional groups attached to an aromatic ring is 1. The third-order valence-electron chi connectivity index (χ3n) is 2.82. The second kappa shape index (κ2) is 4.42. The molecule has 0 atom stereocenters. The Morgan fingerprint density at radius 3 is 2.29 bits per heavy atom. The average Bonchev–Trinajstić information content (AvgIpc) is 2.32. The molecule has 2 aromatic rings. The van der Waals surface area contributed by atoms with Crippen molar-refractivity contribution in [1.82, 2.24) is 0 Å². The van der Waals surface area contributed by atoms with E-state index in [0.29, 0.717) is 16.8 Å². The Kier molecular flexibility index (Phi) is 2.96. The molecular formula is C15H15NO. The molecular weight excluding hydrogens is 210 g/mol. The molecule has 0 amide bonds. The highest BCUT2D eigenvalue weighted by atomic mass is 16.1. The van der Waals surface area contributed by atoms with Crippen LogP contribution in [-0.2, 0) is 0 Å². The SMILES string of the molecule is Cc1ccc(C(=O)c2cc(N)ccc2C)cc1. The van der Waals surface area contributed by atoms with Crippen LogP contribution in [0.3, 0.4) is 0 Å². The molecule has 2 N–H and O–H groups in total. The summed E-state index contributed by atoms with van der Waals surface area (Å²) >= 11 is 0. The number of benzene rings is 2. The van der Waals surface area contributed by atoms with Gasteiger partial charge in [0.05, 0.1) is 0 Å². The predicted molar refractivity (Wildman–Crippen MR) is 70.2 cm³/mol. The fourth-order valence-corrected chi connectivity index (χ4v) is 1.74. The highest BCUT2D eigenvalue weighted by Gasteiger charge is 2.11. The lowest BCUT2D eigenvalue weighted by Crippen LogP contribution is -2.04. The molecule has 17 heavy (non-hydrogen) atoms. The summed E-state index contributed by atoms with van der Waals surface area (Å²) < 4.78 is 0. The van der Waals surface area contributed by atoms with Crippen molar-refractivity contribution >= 4 is 11.5 Å². The number of ketones is 1. The van der Waals surface area contributed by atoms with Gasteiger partial charge < -0.3 is 5.73 Å². The van der Waals surface area contributed by atoms with Gasteiger partial charge in [-0.1, -0.05) is 35.9 Å². The van der Waals surface area contributed by atoms with Crippen LogP contribution in [0, 0.1) is 13.8 Å². The molecule has 0 aliphatic heterocycles.